The molecule has 0 bridgehead atoms. The zero-order valence-corrected chi connectivity index (χ0v) is 12.0. The van der Waals surface area contributed by atoms with Gasteiger partial charge in [0.25, 0.3) is 0 Å². The molecule has 0 aromatic heterocycles. The molecule has 0 amide bonds. The van der Waals surface area contributed by atoms with Crippen molar-refractivity contribution < 1.29 is 9.50 Å². The molecule has 0 aliphatic carbocycles. The highest BCUT2D eigenvalue weighted by Gasteiger charge is 2.16. The molecule has 0 fully saturated rings. The van der Waals surface area contributed by atoms with E-state index in [0.29, 0.717) is 16.1 Å². The summed E-state index contributed by atoms with van der Waals surface area (Å²) < 4.78 is 14.0. The van der Waals surface area contributed by atoms with Crippen molar-refractivity contribution in [2.24, 2.45) is 0 Å². The predicted molar refractivity (Wildman–Crippen MR) is 74.4 cm³/mol. The summed E-state index contributed by atoms with van der Waals surface area (Å²) in [6.07, 6.45) is -0.909. The first-order valence-corrected chi connectivity index (χ1v) is 6.55. The Morgan fingerprint density at radius 1 is 1.17 bits per heavy atom. The molecule has 4 heteroatoms. The van der Waals surface area contributed by atoms with E-state index in [1.807, 2.05) is 6.92 Å². The Balaban J connectivity index is 2.50. The van der Waals surface area contributed by atoms with E-state index in [1.165, 1.54) is 12.1 Å². The summed E-state index contributed by atoms with van der Waals surface area (Å²) >= 11 is 9.27. The summed E-state index contributed by atoms with van der Waals surface area (Å²) in [4.78, 5) is 0. The SMILES string of the molecule is Cc1ccc(F)cc1C(O)c1cc(Cl)ccc1Br. The zero-order valence-electron chi connectivity index (χ0n) is 9.62. The largest absolute Gasteiger partial charge is 0.384 e. The summed E-state index contributed by atoms with van der Waals surface area (Å²) in [5, 5.41) is 10.9. The number of aliphatic hydroxyl groups excluding tert-OH is 1. The lowest BCUT2D eigenvalue weighted by Crippen LogP contribution is -2.03. The highest BCUT2D eigenvalue weighted by atomic mass is 79.9. The lowest BCUT2D eigenvalue weighted by atomic mass is 9.97. The number of hydrogen-bond acceptors (Lipinski definition) is 1. The molecule has 2 aromatic carbocycles. The maximum Gasteiger partial charge on any atom is 0.123 e. The summed E-state index contributed by atoms with van der Waals surface area (Å²) in [5.74, 6) is -0.368. The van der Waals surface area contributed by atoms with Gasteiger partial charge >= 0.3 is 0 Å². The van der Waals surface area contributed by atoms with Gasteiger partial charge in [-0.3, -0.25) is 0 Å². The van der Waals surface area contributed by atoms with Crippen molar-refractivity contribution in [1.29, 1.82) is 0 Å². The van der Waals surface area contributed by atoms with Gasteiger partial charge in [0.2, 0.25) is 0 Å². The Bertz CT molecular complexity index is 535. The minimum atomic E-state index is -0.909. The lowest BCUT2D eigenvalue weighted by Gasteiger charge is -2.16. The van der Waals surface area contributed by atoms with Crippen LogP contribution < -0.4 is 0 Å². The van der Waals surface area contributed by atoms with E-state index in [2.05, 4.69) is 15.9 Å². The molecular formula is C14H11BrClFO. The van der Waals surface area contributed by atoms with E-state index in [-0.39, 0.29) is 5.82 Å². The minimum Gasteiger partial charge on any atom is -0.384 e. The van der Waals surface area contributed by atoms with Crippen LogP contribution in [-0.2, 0) is 0 Å². The van der Waals surface area contributed by atoms with Crippen molar-refractivity contribution in [3.05, 3.63) is 68.4 Å². The number of hydrogen-bond donors (Lipinski definition) is 1. The third-order valence-corrected chi connectivity index (χ3v) is 3.75. The molecule has 0 spiro atoms. The van der Waals surface area contributed by atoms with E-state index in [0.717, 1.165) is 10.0 Å². The van der Waals surface area contributed by atoms with Gasteiger partial charge < -0.3 is 5.11 Å². The van der Waals surface area contributed by atoms with Gasteiger partial charge in [0.15, 0.2) is 0 Å². The molecule has 0 aliphatic heterocycles. The Morgan fingerprint density at radius 3 is 2.61 bits per heavy atom. The quantitative estimate of drug-likeness (QED) is 0.851. The van der Waals surface area contributed by atoms with Crippen molar-refractivity contribution in [3.63, 3.8) is 0 Å². The second-order valence-corrected chi connectivity index (χ2v) is 5.36. The van der Waals surface area contributed by atoms with Crippen LogP contribution >= 0.6 is 27.5 Å². The van der Waals surface area contributed by atoms with E-state index in [1.54, 1.807) is 24.3 Å². The number of benzene rings is 2. The van der Waals surface area contributed by atoms with Gasteiger partial charge in [-0.05, 0) is 48.4 Å². The Morgan fingerprint density at radius 2 is 1.89 bits per heavy atom. The average Bonchev–Trinajstić information content (AvgIpc) is 2.34. The molecule has 0 saturated carbocycles. The summed E-state index contributed by atoms with van der Waals surface area (Å²) in [5.41, 5.74) is 1.99. The summed E-state index contributed by atoms with van der Waals surface area (Å²) in [6, 6.07) is 9.51. The smallest absolute Gasteiger partial charge is 0.123 e. The molecular weight excluding hydrogens is 319 g/mol. The van der Waals surface area contributed by atoms with Crippen LogP contribution in [0.3, 0.4) is 0 Å². The molecule has 1 nitrogen and oxygen atoms in total. The van der Waals surface area contributed by atoms with Crippen LogP contribution in [0.1, 0.15) is 22.8 Å². The predicted octanol–water partition coefficient (Wildman–Crippen LogP) is 4.63. The molecule has 0 heterocycles. The van der Waals surface area contributed by atoms with Gasteiger partial charge in [0, 0.05) is 15.1 Å². The fourth-order valence-electron chi connectivity index (χ4n) is 1.80. The molecule has 0 radical (unpaired) electrons. The molecule has 2 aromatic rings. The van der Waals surface area contributed by atoms with Gasteiger partial charge in [-0.15, -0.1) is 0 Å². The summed E-state index contributed by atoms with van der Waals surface area (Å²) in [6.45, 7) is 1.83. The molecule has 2 rings (SSSR count). The van der Waals surface area contributed by atoms with Gasteiger partial charge in [0.05, 0.1) is 0 Å². The van der Waals surface area contributed by atoms with Crippen molar-refractivity contribution in [3.8, 4) is 0 Å². The van der Waals surface area contributed by atoms with Crippen LogP contribution in [0.5, 0.6) is 0 Å². The fourth-order valence-corrected chi connectivity index (χ4v) is 2.44. The van der Waals surface area contributed by atoms with Crippen LogP contribution in [0.2, 0.25) is 5.02 Å². The van der Waals surface area contributed by atoms with Crippen LogP contribution in [-0.4, -0.2) is 5.11 Å². The first kappa shape index (κ1) is 13.5. The van der Waals surface area contributed by atoms with Crippen molar-refractivity contribution in [2.75, 3.05) is 0 Å². The fraction of sp³-hybridized carbons (Fsp3) is 0.143. The Kier molecular flexibility index (Phi) is 4.05. The van der Waals surface area contributed by atoms with Crippen molar-refractivity contribution in [2.45, 2.75) is 13.0 Å². The second-order valence-electron chi connectivity index (χ2n) is 4.07. The molecule has 94 valence electrons. The van der Waals surface area contributed by atoms with Gasteiger partial charge in [0.1, 0.15) is 11.9 Å². The number of aliphatic hydroxyl groups is 1. The molecule has 1 N–H and O–H groups in total. The van der Waals surface area contributed by atoms with Crippen molar-refractivity contribution >= 4 is 27.5 Å². The minimum absolute atomic E-state index is 0.368. The monoisotopic (exact) mass is 328 g/mol. The van der Waals surface area contributed by atoms with E-state index in [4.69, 9.17) is 11.6 Å². The number of aryl methyl sites for hydroxylation is 1. The molecule has 1 atom stereocenters. The molecule has 0 saturated heterocycles. The molecule has 18 heavy (non-hydrogen) atoms. The number of rotatable bonds is 2. The van der Waals surface area contributed by atoms with Crippen LogP contribution in [0, 0.1) is 12.7 Å². The Hall–Kier alpha value is -0.900. The Labute approximate surface area is 118 Å². The highest BCUT2D eigenvalue weighted by Crippen LogP contribution is 2.32. The average molecular weight is 330 g/mol. The van der Waals surface area contributed by atoms with Crippen LogP contribution in [0.15, 0.2) is 40.9 Å². The standard InChI is InChI=1S/C14H11BrClFO/c1-8-2-4-10(17)7-11(8)14(18)12-6-9(16)3-5-13(12)15/h2-7,14,18H,1H3. The zero-order chi connectivity index (χ0) is 13.3. The van der Waals surface area contributed by atoms with Crippen LogP contribution in [0.4, 0.5) is 4.39 Å². The van der Waals surface area contributed by atoms with Gasteiger partial charge in [-0.1, -0.05) is 33.6 Å². The third-order valence-electron chi connectivity index (χ3n) is 2.79. The first-order chi connectivity index (χ1) is 8.49. The van der Waals surface area contributed by atoms with E-state index in [9.17, 15) is 9.50 Å². The van der Waals surface area contributed by atoms with Gasteiger partial charge in [-0.2, -0.15) is 0 Å². The normalized spacial score (nSPS) is 12.5. The van der Waals surface area contributed by atoms with Crippen LogP contribution in [0.25, 0.3) is 0 Å². The first-order valence-electron chi connectivity index (χ1n) is 5.38. The third kappa shape index (κ3) is 2.74. The highest BCUT2D eigenvalue weighted by molar-refractivity contribution is 9.10. The second kappa shape index (κ2) is 5.39. The topological polar surface area (TPSA) is 20.2 Å². The lowest BCUT2D eigenvalue weighted by molar-refractivity contribution is 0.218. The van der Waals surface area contributed by atoms with E-state index >= 15 is 0 Å². The summed E-state index contributed by atoms with van der Waals surface area (Å²) in [7, 11) is 0. The maximum absolute atomic E-state index is 13.3. The molecule has 0 aliphatic rings. The maximum atomic E-state index is 13.3. The van der Waals surface area contributed by atoms with E-state index < -0.39 is 6.10 Å². The van der Waals surface area contributed by atoms with Gasteiger partial charge in [-0.25, -0.2) is 4.39 Å². The van der Waals surface area contributed by atoms with Crippen molar-refractivity contribution in [1.82, 2.24) is 0 Å². The molecule has 1 unspecified atom stereocenters. The number of halogens is 3.